The molecule has 0 amide bonds. The van der Waals surface area contributed by atoms with Crippen LogP contribution in [0, 0.1) is 0 Å². The van der Waals surface area contributed by atoms with Gasteiger partial charge in [0.15, 0.2) is 5.82 Å². The molecule has 108 valence electrons. The topological polar surface area (TPSA) is 87.5 Å². The third-order valence-corrected chi connectivity index (χ3v) is 3.91. The average Bonchev–Trinajstić information content (AvgIpc) is 3.18. The lowest BCUT2D eigenvalue weighted by Gasteiger charge is -2.30. The standard InChI is InChI=1S/C12H20N8/c1-9(20-8-14-7-15-20)11-16-12(18-17-11)19-5-3-10(13-2)4-6-19/h7-10,13H,3-6H2,1-2H3,(H,16,17,18). The molecule has 0 aliphatic carbocycles. The highest BCUT2D eigenvalue weighted by Crippen LogP contribution is 2.18. The highest BCUT2D eigenvalue weighted by molar-refractivity contribution is 5.30. The molecule has 0 saturated carbocycles. The number of hydrogen-bond acceptors (Lipinski definition) is 6. The second-order valence-electron chi connectivity index (χ2n) is 5.12. The van der Waals surface area contributed by atoms with Crippen LogP contribution in [0.25, 0.3) is 0 Å². The van der Waals surface area contributed by atoms with Gasteiger partial charge in [-0.1, -0.05) is 0 Å². The maximum absolute atomic E-state index is 4.59. The van der Waals surface area contributed by atoms with Gasteiger partial charge in [0.25, 0.3) is 0 Å². The molecule has 2 N–H and O–H groups in total. The molecule has 20 heavy (non-hydrogen) atoms. The first kappa shape index (κ1) is 13.0. The summed E-state index contributed by atoms with van der Waals surface area (Å²) in [5, 5.41) is 14.8. The monoisotopic (exact) mass is 276 g/mol. The van der Waals surface area contributed by atoms with Crippen LogP contribution in [0.4, 0.5) is 5.95 Å². The third kappa shape index (κ3) is 2.51. The van der Waals surface area contributed by atoms with Crippen molar-refractivity contribution in [2.24, 2.45) is 0 Å². The lowest BCUT2D eigenvalue weighted by Crippen LogP contribution is -2.41. The van der Waals surface area contributed by atoms with Crippen molar-refractivity contribution in [3.63, 3.8) is 0 Å². The number of nitrogens with zero attached hydrogens (tertiary/aromatic N) is 6. The van der Waals surface area contributed by atoms with E-state index in [4.69, 9.17) is 0 Å². The molecule has 3 heterocycles. The first-order valence-corrected chi connectivity index (χ1v) is 6.96. The maximum atomic E-state index is 4.59. The van der Waals surface area contributed by atoms with E-state index in [1.165, 1.54) is 6.33 Å². The summed E-state index contributed by atoms with van der Waals surface area (Å²) >= 11 is 0. The van der Waals surface area contributed by atoms with E-state index in [9.17, 15) is 0 Å². The van der Waals surface area contributed by atoms with Crippen molar-refractivity contribution in [2.75, 3.05) is 25.0 Å². The van der Waals surface area contributed by atoms with E-state index in [-0.39, 0.29) is 6.04 Å². The SMILES string of the molecule is CNC1CCN(c2n[nH]c(C(C)n3cncn3)n2)CC1. The van der Waals surface area contributed by atoms with Gasteiger partial charge in [0.2, 0.25) is 5.95 Å². The zero-order valence-electron chi connectivity index (χ0n) is 11.8. The van der Waals surface area contributed by atoms with Crippen molar-refractivity contribution in [1.82, 2.24) is 35.3 Å². The van der Waals surface area contributed by atoms with Crippen LogP contribution in [0.2, 0.25) is 0 Å². The lowest BCUT2D eigenvalue weighted by molar-refractivity contribution is 0.439. The molecule has 1 aliphatic rings. The number of H-pyrrole nitrogens is 1. The molecule has 1 unspecified atom stereocenters. The number of rotatable bonds is 4. The van der Waals surface area contributed by atoms with Gasteiger partial charge in [-0.2, -0.15) is 10.1 Å². The van der Waals surface area contributed by atoms with Crippen molar-refractivity contribution in [1.29, 1.82) is 0 Å². The first-order chi connectivity index (χ1) is 9.78. The molecule has 1 saturated heterocycles. The summed E-state index contributed by atoms with van der Waals surface area (Å²) in [5.41, 5.74) is 0. The molecule has 1 aliphatic heterocycles. The van der Waals surface area contributed by atoms with Crippen molar-refractivity contribution in [2.45, 2.75) is 31.8 Å². The maximum Gasteiger partial charge on any atom is 0.244 e. The second kappa shape index (κ2) is 5.58. The molecule has 0 spiro atoms. The fraction of sp³-hybridized carbons (Fsp3) is 0.667. The van der Waals surface area contributed by atoms with Crippen LogP contribution in [-0.2, 0) is 0 Å². The molecule has 3 rings (SSSR count). The van der Waals surface area contributed by atoms with Crippen LogP contribution in [0.5, 0.6) is 0 Å². The van der Waals surface area contributed by atoms with Gasteiger partial charge in [0, 0.05) is 19.1 Å². The van der Waals surface area contributed by atoms with Crippen molar-refractivity contribution in [3.8, 4) is 0 Å². The molecule has 2 aromatic rings. The van der Waals surface area contributed by atoms with Gasteiger partial charge in [0.1, 0.15) is 18.7 Å². The molecule has 8 heteroatoms. The largest absolute Gasteiger partial charge is 0.339 e. The van der Waals surface area contributed by atoms with Crippen LogP contribution >= 0.6 is 0 Å². The molecular weight excluding hydrogens is 256 g/mol. The highest BCUT2D eigenvalue weighted by Gasteiger charge is 2.22. The molecular formula is C12H20N8. The lowest BCUT2D eigenvalue weighted by atomic mass is 10.1. The first-order valence-electron chi connectivity index (χ1n) is 6.96. The number of nitrogens with one attached hydrogen (secondary N) is 2. The Bertz CT molecular complexity index is 525. The van der Waals surface area contributed by atoms with E-state index in [0.717, 1.165) is 37.7 Å². The Morgan fingerprint density at radius 3 is 2.85 bits per heavy atom. The summed E-state index contributed by atoms with van der Waals surface area (Å²) in [6.07, 6.45) is 5.46. The summed E-state index contributed by atoms with van der Waals surface area (Å²) in [6.45, 7) is 3.99. The van der Waals surface area contributed by atoms with E-state index in [0.29, 0.717) is 6.04 Å². The minimum Gasteiger partial charge on any atom is -0.339 e. The second-order valence-corrected chi connectivity index (χ2v) is 5.12. The Hall–Kier alpha value is -1.96. The van der Waals surface area contributed by atoms with Gasteiger partial charge in [-0.15, -0.1) is 5.10 Å². The van der Waals surface area contributed by atoms with E-state index in [1.807, 2.05) is 14.0 Å². The molecule has 0 bridgehead atoms. The fourth-order valence-corrected chi connectivity index (χ4v) is 2.50. The summed E-state index contributed by atoms with van der Waals surface area (Å²) in [4.78, 5) is 10.8. The third-order valence-electron chi connectivity index (χ3n) is 3.91. The van der Waals surface area contributed by atoms with Crippen LogP contribution in [0.15, 0.2) is 12.7 Å². The van der Waals surface area contributed by atoms with E-state index in [1.54, 1.807) is 11.0 Å². The summed E-state index contributed by atoms with van der Waals surface area (Å²) in [7, 11) is 2.02. The van der Waals surface area contributed by atoms with Gasteiger partial charge in [0.05, 0.1) is 0 Å². The van der Waals surface area contributed by atoms with Crippen molar-refractivity contribution in [3.05, 3.63) is 18.5 Å². The molecule has 0 radical (unpaired) electrons. The molecule has 1 atom stereocenters. The van der Waals surface area contributed by atoms with Crippen LogP contribution in [-0.4, -0.2) is 56.1 Å². The van der Waals surface area contributed by atoms with Gasteiger partial charge < -0.3 is 10.2 Å². The van der Waals surface area contributed by atoms with Crippen LogP contribution in [0.3, 0.4) is 0 Å². The van der Waals surface area contributed by atoms with Crippen molar-refractivity contribution >= 4 is 5.95 Å². The molecule has 1 fully saturated rings. The number of anilines is 1. The Morgan fingerprint density at radius 2 is 2.20 bits per heavy atom. The van der Waals surface area contributed by atoms with E-state index < -0.39 is 0 Å². The smallest absolute Gasteiger partial charge is 0.244 e. The zero-order chi connectivity index (χ0) is 13.9. The van der Waals surface area contributed by atoms with Gasteiger partial charge in [-0.25, -0.2) is 9.67 Å². The fourth-order valence-electron chi connectivity index (χ4n) is 2.50. The quantitative estimate of drug-likeness (QED) is 0.829. The minimum absolute atomic E-state index is 0.00796. The summed E-state index contributed by atoms with van der Waals surface area (Å²) < 4.78 is 1.76. The van der Waals surface area contributed by atoms with Crippen molar-refractivity contribution < 1.29 is 0 Å². The van der Waals surface area contributed by atoms with Crippen LogP contribution in [0.1, 0.15) is 31.6 Å². The van der Waals surface area contributed by atoms with E-state index in [2.05, 4.69) is 35.5 Å². The molecule has 2 aromatic heterocycles. The Morgan fingerprint density at radius 1 is 1.40 bits per heavy atom. The predicted octanol–water partition coefficient (Wildman–Crippen LogP) is 0.194. The Labute approximate surface area is 117 Å². The highest BCUT2D eigenvalue weighted by atomic mass is 15.4. The number of hydrogen-bond donors (Lipinski definition) is 2. The zero-order valence-corrected chi connectivity index (χ0v) is 11.8. The number of aromatic amines is 1. The van der Waals surface area contributed by atoms with E-state index >= 15 is 0 Å². The average molecular weight is 276 g/mol. The number of aromatic nitrogens is 6. The van der Waals surface area contributed by atoms with Gasteiger partial charge in [-0.05, 0) is 26.8 Å². The minimum atomic E-state index is 0.00796. The van der Waals surface area contributed by atoms with Gasteiger partial charge >= 0.3 is 0 Å². The Balaban J connectivity index is 1.68. The molecule has 0 aromatic carbocycles. The molecule has 8 nitrogen and oxygen atoms in total. The summed E-state index contributed by atoms with van der Waals surface area (Å²) in [5.74, 6) is 1.59. The Kier molecular flexibility index (Phi) is 3.64. The van der Waals surface area contributed by atoms with Gasteiger partial charge in [-0.3, -0.25) is 5.10 Å². The normalized spacial score (nSPS) is 18.4. The summed E-state index contributed by atoms with van der Waals surface area (Å²) in [6, 6.07) is 0.618. The number of piperidine rings is 1. The predicted molar refractivity (Wildman–Crippen MR) is 74.5 cm³/mol. The van der Waals surface area contributed by atoms with Crippen LogP contribution < -0.4 is 10.2 Å².